The summed E-state index contributed by atoms with van der Waals surface area (Å²) in [5.41, 5.74) is 2.10. The van der Waals surface area contributed by atoms with E-state index in [1.54, 1.807) is 11.3 Å². The van der Waals surface area contributed by atoms with Gasteiger partial charge in [-0.1, -0.05) is 17.7 Å². The van der Waals surface area contributed by atoms with Gasteiger partial charge in [-0.2, -0.15) is 0 Å². The number of morpholine rings is 1. The van der Waals surface area contributed by atoms with Gasteiger partial charge in [0.25, 0.3) is 0 Å². The Kier molecular flexibility index (Phi) is 5.31. The Morgan fingerprint density at radius 2 is 2.41 bits per heavy atom. The zero-order chi connectivity index (χ0) is 15.4. The summed E-state index contributed by atoms with van der Waals surface area (Å²) < 4.78 is 11.5. The lowest BCUT2D eigenvalue weighted by atomic mass is 10.1. The Balaban J connectivity index is 1.59. The Labute approximate surface area is 139 Å². The number of hydrogen-bond donors (Lipinski definition) is 1. The van der Waals surface area contributed by atoms with Crippen LogP contribution in [0, 0.1) is 6.92 Å². The summed E-state index contributed by atoms with van der Waals surface area (Å²) >= 11 is 7.94. The van der Waals surface area contributed by atoms with Gasteiger partial charge in [0.05, 0.1) is 28.4 Å². The molecule has 0 radical (unpaired) electrons. The van der Waals surface area contributed by atoms with Crippen molar-refractivity contribution >= 4 is 22.9 Å². The second kappa shape index (κ2) is 7.42. The molecule has 1 aliphatic rings. The number of thiazole rings is 1. The van der Waals surface area contributed by atoms with E-state index in [4.69, 9.17) is 21.1 Å². The maximum Gasteiger partial charge on any atom is 0.138 e. The summed E-state index contributed by atoms with van der Waals surface area (Å²) in [7, 11) is 0. The zero-order valence-corrected chi connectivity index (χ0v) is 14.0. The molecule has 0 amide bonds. The maximum absolute atomic E-state index is 6.32. The van der Waals surface area contributed by atoms with Crippen LogP contribution < -0.4 is 10.1 Å². The Morgan fingerprint density at radius 1 is 1.50 bits per heavy atom. The molecule has 1 saturated heterocycles. The Bertz CT molecular complexity index is 626. The van der Waals surface area contributed by atoms with E-state index in [1.165, 1.54) is 0 Å². The van der Waals surface area contributed by atoms with Gasteiger partial charge in [0, 0.05) is 18.5 Å². The molecule has 0 saturated carbocycles. The largest absolute Gasteiger partial charge is 0.486 e. The minimum Gasteiger partial charge on any atom is -0.486 e. The molecule has 118 valence electrons. The van der Waals surface area contributed by atoms with E-state index in [0.29, 0.717) is 17.4 Å². The van der Waals surface area contributed by atoms with Crippen molar-refractivity contribution in [2.75, 3.05) is 19.7 Å². The van der Waals surface area contributed by atoms with Gasteiger partial charge in [-0.05, 0) is 31.0 Å². The number of nitrogens with one attached hydrogen (secondary N) is 1. The summed E-state index contributed by atoms with van der Waals surface area (Å²) in [6, 6.07) is 5.93. The summed E-state index contributed by atoms with van der Waals surface area (Å²) in [5, 5.41) is 7.01. The van der Waals surface area contributed by atoms with Crippen LogP contribution in [0.15, 0.2) is 23.6 Å². The van der Waals surface area contributed by atoms with Crippen LogP contribution in [0.1, 0.15) is 16.3 Å². The molecule has 1 fully saturated rings. The van der Waals surface area contributed by atoms with Crippen molar-refractivity contribution in [3.05, 3.63) is 44.9 Å². The van der Waals surface area contributed by atoms with Crippen LogP contribution in [0.3, 0.4) is 0 Å². The summed E-state index contributed by atoms with van der Waals surface area (Å²) in [6.45, 7) is 5.02. The van der Waals surface area contributed by atoms with Crippen LogP contribution in [0.5, 0.6) is 5.75 Å². The SMILES string of the molecule is Cc1nc(COc2ccc(C[C@@H]3CNCCO3)cc2Cl)cs1. The van der Waals surface area contributed by atoms with Crippen molar-refractivity contribution in [2.45, 2.75) is 26.1 Å². The highest BCUT2D eigenvalue weighted by molar-refractivity contribution is 7.09. The van der Waals surface area contributed by atoms with Crippen LogP contribution in [0.2, 0.25) is 5.02 Å². The molecule has 22 heavy (non-hydrogen) atoms. The molecule has 1 N–H and O–H groups in total. The van der Waals surface area contributed by atoms with Gasteiger partial charge in [0.1, 0.15) is 12.4 Å². The maximum atomic E-state index is 6.32. The predicted molar refractivity (Wildman–Crippen MR) is 88.9 cm³/mol. The molecule has 6 heteroatoms. The van der Waals surface area contributed by atoms with Crippen molar-refractivity contribution in [2.24, 2.45) is 0 Å². The van der Waals surface area contributed by atoms with Crippen LogP contribution >= 0.6 is 22.9 Å². The molecular formula is C16H19ClN2O2S. The highest BCUT2D eigenvalue weighted by Crippen LogP contribution is 2.27. The molecule has 2 aromatic rings. The van der Waals surface area contributed by atoms with Crippen LogP contribution in [0.25, 0.3) is 0 Å². The van der Waals surface area contributed by atoms with Crippen LogP contribution in [-0.2, 0) is 17.8 Å². The van der Waals surface area contributed by atoms with Gasteiger partial charge in [-0.15, -0.1) is 11.3 Å². The van der Waals surface area contributed by atoms with E-state index in [1.807, 2.05) is 30.5 Å². The minimum absolute atomic E-state index is 0.217. The quantitative estimate of drug-likeness (QED) is 0.909. The number of ether oxygens (including phenoxy) is 2. The van der Waals surface area contributed by atoms with Crippen molar-refractivity contribution in [1.82, 2.24) is 10.3 Å². The fourth-order valence-electron chi connectivity index (χ4n) is 2.43. The highest BCUT2D eigenvalue weighted by atomic mass is 35.5. The highest BCUT2D eigenvalue weighted by Gasteiger charge is 2.14. The van der Waals surface area contributed by atoms with Crippen molar-refractivity contribution in [3.63, 3.8) is 0 Å². The zero-order valence-electron chi connectivity index (χ0n) is 12.5. The standard InChI is InChI=1S/C16H19ClN2O2S/c1-11-19-13(10-22-11)9-21-16-3-2-12(7-15(16)17)6-14-8-18-4-5-20-14/h2-3,7,10,14,18H,4-6,8-9H2,1H3/t14-/m1/s1. The molecule has 1 aliphatic heterocycles. The first kappa shape index (κ1) is 15.7. The number of hydrogen-bond acceptors (Lipinski definition) is 5. The number of aromatic nitrogens is 1. The fraction of sp³-hybridized carbons (Fsp3) is 0.438. The molecule has 3 rings (SSSR count). The summed E-state index contributed by atoms with van der Waals surface area (Å²) in [5.74, 6) is 0.693. The number of rotatable bonds is 5. The van der Waals surface area contributed by atoms with E-state index in [0.717, 1.165) is 42.4 Å². The number of benzene rings is 1. The van der Waals surface area contributed by atoms with Crippen LogP contribution in [-0.4, -0.2) is 30.8 Å². The first-order valence-electron chi connectivity index (χ1n) is 7.35. The molecule has 0 bridgehead atoms. The van der Waals surface area contributed by atoms with Gasteiger partial charge < -0.3 is 14.8 Å². The first-order chi connectivity index (χ1) is 10.7. The molecular weight excluding hydrogens is 320 g/mol. The van der Waals surface area contributed by atoms with Crippen LogP contribution in [0.4, 0.5) is 0 Å². The lowest BCUT2D eigenvalue weighted by Crippen LogP contribution is -2.39. The second-order valence-electron chi connectivity index (χ2n) is 5.31. The molecule has 1 aromatic heterocycles. The van der Waals surface area contributed by atoms with E-state index >= 15 is 0 Å². The first-order valence-corrected chi connectivity index (χ1v) is 8.61. The van der Waals surface area contributed by atoms with E-state index in [9.17, 15) is 0 Å². The molecule has 4 nitrogen and oxygen atoms in total. The smallest absolute Gasteiger partial charge is 0.138 e. The average molecular weight is 339 g/mol. The van der Waals surface area contributed by atoms with Crippen molar-refractivity contribution < 1.29 is 9.47 Å². The Morgan fingerprint density at radius 3 is 3.09 bits per heavy atom. The van der Waals surface area contributed by atoms with Gasteiger partial charge in [0.2, 0.25) is 0 Å². The van der Waals surface area contributed by atoms with Gasteiger partial charge in [0.15, 0.2) is 0 Å². The van der Waals surface area contributed by atoms with Gasteiger partial charge in [-0.3, -0.25) is 0 Å². The average Bonchev–Trinajstić information content (AvgIpc) is 2.93. The Hall–Kier alpha value is -1.14. The lowest BCUT2D eigenvalue weighted by Gasteiger charge is -2.23. The summed E-state index contributed by atoms with van der Waals surface area (Å²) in [6.07, 6.45) is 1.08. The topological polar surface area (TPSA) is 43.4 Å². The van der Waals surface area contributed by atoms with Gasteiger partial charge >= 0.3 is 0 Å². The predicted octanol–water partition coefficient (Wildman–Crippen LogP) is 3.21. The third-order valence-electron chi connectivity index (χ3n) is 3.51. The monoisotopic (exact) mass is 338 g/mol. The molecule has 1 aromatic carbocycles. The molecule has 0 spiro atoms. The fourth-order valence-corrected chi connectivity index (χ4v) is 3.28. The third kappa shape index (κ3) is 4.20. The van der Waals surface area contributed by atoms with Crippen molar-refractivity contribution in [1.29, 1.82) is 0 Å². The lowest BCUT2D eigenvalue weighted by molar-refractivity contribution is 0.0292. The summed E-state index contributed by atoms with van der Waals surface area (Å²) in [4.78, 5) is 4.38. The number of nitrogens with zero attached hydrogens (tertiary/aromatic N) is 1. The minimum atomic E-state index is 0.217. The number of halogens is 1. The molecule has 2 heterocycles. The molecule has 0 unspecified atom stereocenters. The third-order valence-corrected chi connectivity index (χ3v) is 4.62. The van der Waals surface area contributed by atoms with E-state index in [2.05, 4.69) is 10.3 Å². The molecule has 0 aliphatic carbocycles. The van der Waals surface area contributed by atoms with E-state index in [-0.39, 0.29) is 6.10 Å². The van der Waals surface area contributed by atoms with E-state index < -0.39 is 0 Å². The van der Waals surface area contributed by atoms with Crippen molar-refractivity contribution in [3.8, 4) is 5.75 Å². The molecule has 1 atom stereocenters. The number of aryl methyl sites for hydroxylation is 1. The second-order valence-corrected chi connectivity index (χ2v) is 6.78. The van der Waals surface area contributed by atoms with Gasteiger partial charge in [-0.25, -0.2) is 4.98 Å². The normalized spacial score (nSPS) is 18.4.